The van der Waals surface area contributed by atoms with Crippen LogP contribution in [0.1, 0.15) is 181 Å². The van der Waals surface area contributed by atoms with Crippen LogP contribution in [0.15, 0.2) is 25.3 Å². The van der Waals surface area contributed by atoms with Gasteiger partial charge in [0.25, 0.3) is 0 Å². The summed E-state index contributed by atoms with van der Waals surface area (Å²) in [7, 11) is -7.66. The van der Waals surface area contributed by atoms with Crippen LogP contribution < -0.4 is 0 Å². The Labute approximate surface area is 384 Å². The maximum absolute atomic E-state index is 11.2. The Bertz CT molecular complexity index is 856. The Kier molecular flexibility index (Phi) is 54.4. The van der Waals surface area contributed by atoms with Crippen molar-refractivity contribution in [1.29, 1.82) is 0 Å². The van der Waals surface area contributed by atoms with Crippen LogP contribution in [0.5, 0.6) is 0 Å². The molecule has 0 aliphatic heterocycles. The maximum Gasteiger partial charge on any atom is 0.400 e. The Morgan fingerprint density at radius 2 is 0.583 bits per heavy atom. The molecular weight excluding hydrogens is 703 g/mol. The molecule has 0 saturated carbocycles. The third kappa shape index (κ3) is 50.6. The summed E-state index contributed by atoms with van der Waals surface area (Å²) in [5, 5.41) is 0. The molecule has 0 heterocycles. The largest absolute Gasteiger partial charge is 0.400 e. The molecule has 0 aromatic heterocycles. The third-order valence-electron chi connectivity index (χ3n) is 7.61. The summed E-state index contributed by atoms with van der Waals surface area (Å²) in [5.74, 6) is 0. The molecule has 0 spiro atoms. The molecule has 0 saturated heterocycles. The molecule has 8 nitrogen and oxygen atoms in total. The number of unbranched alkanes of at least 4 members (excludes halogenated alkanes) is 24. The fraction of sp³-hybridized carbons (Fsp3) is 0.889. The second-order valence-electron chi connectivity index (χ2n) is 12.1. The monoisotopic (exact) mass is 774 g/mol. The predicted molar refractivity (Wildman–Crippen MR) is 205 cm³/mol. The molecule has 2 radical (unpaired) electrons. The molecule has 0 amide bonds. The zero-order valence-electron chi connectivity index (χ0n) is 31.9. The Morgan fingerprint density at radius 3 is 0.792 bits per heavy atom. The first-order chi connectivity index (χ1) is 22.2. The topological polar surface area (TPSA) is 105 Å². The zero-order chi connectivity index (χ0) is 34.5. The molecule has 0 aliphatic rings. The fourth-order valence-corrected chi connectivity index (χ4v) is 6.20. The summed E-state index contributed by atoms with van der Waals surface area (Å²) >= 11 is 0. The van der Waals surface area contributed by atoms with Gasteiger partial charge < -0.3 is 0 Å². The first-order valence-corrected chi connectivity index (χ1v) is 21.2. The van der Waals surface area contributed by atoms with Crippen LogP contribution in [0.2, 0.25) is 0 Å². The number of hydrogen-bond acceptors (Lipinski definition) is 8. The van der Waals surface area contributed by atoms with E-state index in [2.05, 4.69) is 35.4 Å². The van der Waals surface area contributed by atoms with Crippen molar-refractivity contribution in [3.05, 3.63) is 25.3 Å². The third-order valence-corrected chi connectivity index (χ3v) is 9.37. The zero-order valence-corrected chi connectivity index (χ0v) is 39.7. The quantitative estimate of drug-likeness (QED) is 0.0352. The second kappa shape index (κ2) is 45.6. The molecule has 0 aromatic rings. The van der Waals surface area contributed by atoms with E-state index in [0.717, 1.165) is 38.5 Å². The first-order valence-electron chi connectivity index (χ1n) is 18.5. The van der Waals surface area contributed by atoms with Crippen LogP contribution in [-0.2, 0) is 37.5 Å². The van der Waals surface area contributed by atoms with Gasteiger partial charge in [0.2, 0.25) is 0 Å². The first kappa shape index (κ1) is 57.2. The van der Waals surface area contributed by atoms with Gasteiger partial charge in [-0.1, -0.05) is 180 Å². The molecule has 12 heteroatoms. The average Bonchev–Trinajstić information content (AvgIpc) is 3.03. The van der Waals surface area contributed by atoms with Gasteiger partial charge in [0, 0.05) is 103 Å². The maximum atomic E-state index is 11.2. The van der Waals surface area contributed by atoms with E-state index in [0.29, 0.717) is 0 Å². The minimum atomic E-state index is -3.83. The van der Waals surface area contributed by atoms with E-state index in [4.69, 9.17) is 8.37 Å². The van der Waals surface area contributed by atoms with E-state index in [9.17, 15) is 16.8 Å². The molecule has 0 bridgehead atoms. The molecule has 0 aliphatic carbocycles. The molecule has 0 N–H and O–H groups in total. The summed E-state index contributed by atoms with van der Waals surface area (Å²) in [6.07, 6.45) is 35.5. The molecule has 0 rings (SSSR count). The van der Waals surface area contributed by atoms with Crippen LogP contribution in [0, 0.1) is 0 Å². The van der Waals surface area contributed by atoms with Crippen LogP contribution in [0.4, 0.5) is 0 Å². The molecule has 278 valence electrons. The summed E-state index contributed by atoms with van der Waals surface area (Å²) in [6, 6.07) is 0. The molecule has 0 fully saturated rings. The minimum absolute atomic E-state index is 0. The smallest absolute Gasteiger partial charge is 0.248 e. The molecule has 0 aromatic carbocycles. The van der Waals surface area contributed by atoms with Gasteiger partial charge in [-0.2, -0.15) is 16.8 Å². The minimum Gasteiger partial charge on any atom is -0.248 e. The molecule has 0 atom stereocenters. The molecular formula is C36H72K2O8S2. The van der Waals surface area contributed by atoms with Gasteiger partial charge in [-0.3, -0.25) is 0 Å². The van der Waals surface area contributed by atoms with E-state index in [1.54, 1.807) is 0 Å². The Hall–Kier alpha value is 2.49. The SMILES string of the molecule is C=CCOS(=O)(=O)OCCCCCCCCCCCCCC.C=CCOS(=O)(=O)OCCCCCCCCCCCCCCCC.[K].[K]. The second-order valence-corrected chi connectivity index (χ2v) is 14.7. The van der Waals surface area contributed by atoms with Gasteiger partial charge in [0.1, 0.15) is 0 Å². The van der Waals surface area contributed by atoms with Crippen molar-refractivity contribution in [1.82, 2.24) is 0 Å². The average molecular weight is 775 g/mol. The van der Waals surface area contributed by atoms with Gasteiger partial charge in [-0.25, -0.2) is 16.7 Å². The van der Waals surface area contributed by atoms with Gasteiger partial charge in [-0.15, -0.1) is 13.2 Å². The molecule has 0 unspecified atom stereocenters. The fourth-order valence-electron chi connectivity index (χ4n) is 4.89. The Balaban J connectivity index is -0.000000389. The number of hydrogen-bond donors (Lipinski definition) is 0. The van der Waals surface area contributed by atoms with Crippen molar-refractivity contribution in [3.8, 4) is 0 Å². The van der Waals surface area contributed by atoms with Gasteiger partial charge in [-0.05, 0) is 12.8 Å². The normalized spacial score (nSPS) is 11.2. The molecule has 48 heavy (non-hydrogen) atoms. The summed E-state index contributed by atoms with van der Waals surface area (Å²) in [5.41, 5.74) is 0. The van der Waals surface area contributed by atoms with Crippen LogP contribution in [0.3, 0.4) is 0 Å². The van der Waals surface area contributed by atoms with E-state index in [-0.39, 0.29) is 129 Å². The van der Waals surface area contributed by atoms with Gasteiger partial charge in [0.15, 0.2) is 0 Å². The van der Waals surface area contributed by atoms with Crippen molar-refractivity contribution in [2.45, 2.75) is 181 Å². The summed E-state index contributed by atoms with van der Waals surface area (Å²) in [6.45, 7) is 11.6. The van der Waals surface area contributed by atoms with Crippen LogP contribution in [-0.4, -0.2) is 146 Å². The van der Waals surface area contributed by atoms with Gasteiger partial charge >= 0.3 is 20.8 Å². The van der Waals surface area contributed by atoms with Crippen molar-refractivity contribution in [2.24, 2.45) is 0 Å². The summed E-state index contributed by atoms with van der Waals surface area (Å²) < 4.78 is 63.4. The van der Waals surface area contributed by atoms with E-state index in [1.807, 2.05) is 0 Å². The van der Waals surface area contributed by atoms with Crippen molar-refractivity contribution in [2.75, 3.05) is 26.4 Å². The van der Waals surface area contributed by atoms with Gasteiger partial charge in [0.05, 0.1) is 26.4 Å². The standard InChI is InChI=1S/C19H38O4S.C17H34O4S.2K/c1-3-5-6-7-8-9-10-11-12-13-14-15-16-17-19-23-24(20,21)22-18-4-2;1-3-5-6-7-8-9-10-11-12-13-14-15-17-21-22(18,19)20-16-4-2;;/h4H,2-3,5-19H2,1H3;4H,2-3,5-17H2,1H3;;. The van der Waals surface area contributed by atoms with Crippen molar-refractivity contribution in [3.63, 3.8) is 0 Å². The number of rotatable bonds is 36. The van der Waals surface area contributed by atoms with Crippen molar-refractivity contribution < 1.29 is 33.6 Å². The predicted octanol–water partition coefficient (Wildman–Crippen LogP) is 10.3. The van der Waals surface area contributed by atoms with E-state index < -0.39 is 20.8 Å². The summed E-state index contributed by atoms with van der Waals surface area (Å²) in [4.78, 5) is 0. The van der Waals surface area contributed by atoms with E-state index >= 15 is 0 Å². The van der Waals surface area contributed by atoms with Crippen molar-refractivity contribution >= 4 is 124 Å². The van der Waals surface area contributed by atoms with Crippen LogP contribution >= 0.6 is 0 Å². The van der Waals surface area contributed by atoms with Crippen LogP contribution in [0.25, 0.3) is 0 Å². The van der Waals surface area contributed by atoms with E-state index in [1.165, 1.54) is 141 Å². The Morgan fingerprint density at radius 1 is 0.375 bits per heavy atom.